The molecule has 0 heterocycles. The van der Waals surface area contributed by atoms with Crippen LogP contribution < -0.4 is 0 Å². The number of nitrogens with zero attached hydrogens (tertiary/aromatic N) is 1. The lowest BCUT2D eigenvalue weighted by atomic mass is 10.2. The first-order chi connectivity index (χ1) is 6.48. The number of unbranched alkanes of at least 4 members (excludes halogenated alkanes) is 3. The maximum Gasteiger partial charge on any atom is 0.490 e. The summed E-state index contributed by atoms with van der Waals surface area (Å²) in [7, 11) is -2.71. The van der Waals surface area contributed by atoms with Gasteiger partial charge in [-0.05, 0) is 6.42 Å². The van der Waals surface area contributed by atoms with Crippen LogP contribution >= 0.6 is 19.6 Å². The van der Waals surface area contributed by atoms with Gasteiger partial charge in [0.25, 0.3) is 0 Å². The molecular formula is C7H17ClNO4P. The van der Waals surface area contributed by atoms with E-state index in [9.17, 15) is 4.57 Å². The fraction of sp³-hybridized carbons (Fsp3) is 1.00. The number of hydrogen-bond acceptors (Lipinski definition) is 4. The first kappa shape index (κ1) is 14.4. The van der Waals surface area contributed by atoms with E-state index in [0.29, 0.717) is 4.58 Å². The number of hydroxylamine groups is 1. The molecule has 0 amide bonds. The van der Waals surface area contributed by atoms with Crippen LogP contribution in [0.1, 0.15) is 32.6 Å². The second-order valence-corrected chi connectivity index (χ2v) is 4.70. The number of hydrogen-bond donors (Lipinski definition) is 1. The minimum absolute atomic E-state index is 0.207. The molecule has 86 valence electrons. The highest BCUT2D eigenvalue weighted by atomic mass is 35.5. The van der Waals surface area contributed by atoms with Gasteiger partial charge in [0.2, 0.25) is 0 Å². The van der Waals surface area contributed by atoms with E-state index in [1.54, 1.807) is 0 Å². The summed E-state index contributed by atoms with van der Waals surface area (Å²) < 4.78 is 20.7. The van der Waals surface area contributed by atoms with Crippen LogP contribution in [-0.2, 0) is 13.7 Å². The van der Waals surface area contributed by atoms with Crippen molar-refractivity contribution in [1.29, 1.82) is 0 Å². The minimum Gasteiger partial charge on any atom is -0.301 e. The normalized spacial score (nSPS) is 15.8. The van der Waals surface area contributed by atoms with E-state index in [2.05, 4.69) is 16.1 Å². The van der Waals surface area contributed by atoms with Crippen molar-refractivity contribution in [3.05, 3.63) is 0 Å². The van der Waals surface area contributed by atoms with E-state index in [0.717, 1.165) is 25.7 Å². The molecular weight excluding hydrogens is 229 g/mol. The maximum atomic E-state index is 11.0. The van der Waals surface area contributed by atoms with E-state index in [4.69, 9.17) is 16.7 Å². The lowest BCUT2D eigenvalue weighted by Crippen LogP contribution is -2.06. The molecule has 0 bridgehead atoms. The average Bonchev–Trinajstić information content (AvgIpc) is 2.01. The Bertz CT molecular complexity index is 191. The van der Waals surface area contributed by atoms with Crippen molar-refractivity contribution < 1.29 is 18.6 Å². The fourth-order valence-electron chi connectivity index (χ4n) is 0.874. The van der Waals surface area contributed by atoms with Crippen molar-refractivity contribution in [2.45, 2.75) is 32.6 Å². The zero-order valence-corrected chi connectivity index (χ0v) is 10.1. The molecule has 1 atom stereocenters. The van der Waals surface area contributed by atoms with E-state index >= 15 is 0 Å². The highest BCUT2D eigenvalue weighted by Crippen LogP contribution is 2.44. The van der Waals surface area contributed by atoms with Crippen molar-refractivity contribution in [3.63, 3.8) is 0 Å². The van der Waals surface area contributed by atoms with Gasteiger partial charge in [-0.25, -0.2) is 4.57 Å². The van der Waals surface area contributed by atoms with Gasteiger partial charge < -0.3 is 4.89 Å². The Balaban J connectivity index is 3.51. The third-order valence-electron chi connectivity index (χ3n) is 1.47. The first-order valence-electron chi connectivity index (χ1n) is 4.54. The second-order valence-electron chi connectivity index (χ2n) is 2.86. The fourth-order valence-corrected chi connectivity index (χ4v) is 1.80. The van der Waals surface area contributed by atoms with E-state index in [-0.39, 0.29) is 6.61 Å². The van der Waals surface area contributed by atoms with Gasteiger partial charge in [-0.1, -0.05) is 30.8 Å². The quantitative estimate of drug-likeness (QED) is 0.308. The molecule has 0 aromatic rings. The van der Waals surface area contributed by atoms with Gasteiger partial charge in [0.1, 0.15) is 0 Å². The van der Waals surface area contributed by atoms with Crippen molar-refractivity contribution in [2.75, 3.05) is 13.7 Å². The van der Waals surface area contributed by atoms with Crippen LogP contribution in [0, 0.1) is 0 Å². The molecule has 1 unspecified atom stereocenters. The van der Waals surface area contributed by atoms with Gasteiger partial charge in [-0.2, -0.15) is 4.62 Å². The Morgan fingerprint density at radius 1 is 1.43 bits per heavy atom. The molecule has 7 heteroatoms. The summed E-state index contributed by atoms with van der Waals surface area (Å²) in [5.41, 5.74) is 0. The zero-order chi connectivity index (χ0) is 11.0. The van der Waals surface area contributed by atoms with Gasteiger partial charge in [-0.3, -0.25) is 4.52 Å². The molecule has 0 radical (unpaired) electrons. The summed E-state index contributed by atoms with van der Waals surface area (Å²) >= 11 is 5.22. The minimum atomic E-state index is -4.00. The molecule has 0 spiro atoms. The summed E-state index contributed by atoms with van der Waals surface area (Å²) in [5, 5.41) is 0. The molecule has 0 aliphatic heterocycles. The maximum absolute atomic E-state index is 11.0. The van der Waals surface area contributed by atoms with Gasteiger partial charge in [0.05, 0.1) is 6.61 Å². The molecule has 0 fully saturated rings. The van der Waals surface area contributed by atoms with Crippen LogP contribution in [0.15, 0.2) is 0 Å². The summed E-state index contributed by atoms with van der Waals surface area (Å²) in [6.45, 7) is 2.29. The number of rotatable bonds is 8. The van der Waals surface area contributed by atoms with Crippen LogP contribution in [0.4, 0.5) is 0 Å². The average molecular weight is 246 g/mol. The highest BCUT2D eigenvalue weighted by Gasteiger charge is 2.23. The van der Waals surface area contributed by atoms with Gasteiger partial charge >= 0.3 is 7.82 Å². The predicted molar refractivity (Wildman–Crippen MR) is 54.6 cm³/mol. The molecule has 5 nitrogen and oxygen atoms in total. The van der Waals surface area contributed by atoms with Crippen LogP contribution in [-0.4, -0.2) is 23.1 Å². The third kappa shape index (κ3) is 8.94. The molecule has 0 aliphatic rings. The van der Waals surface area contributed by atoms with Gasteiger partial charge in [0.15, 0.2) is 0 Å². The smallest absolute Gasteiger partial charge is 0.301 e. The van der Waals surface area contributed by atoms with Crippen LogP contribution in [0.25, 0.3) is 0 Å². The third-order valence-corrected chi connectivity index (χ3v) is 2.59. The van der Waals surface area contributed by atoms with E-state index in [1.807, 2.05) is 0 Å². The molecule has 0 aromatic carbocycles. The topological polar surface area (TPSA) is 59.0 Å². The molecule has 14 heavy (non-hydrogen) atoms. The Morgan fingerprint density at radius 2 is 2.07 bits per heavy atom. The lowest BCUT2D eigenvalue weighted by Gasteiger charge is -2.13. The molecule has 0 rings (SSSR count). The van der Waals surface area contributed by atoms with E-state index in [1.165, 1.54) is 7.05 Å². The van der Waals surface area contributed by atoms with Crippen LogP contribution in [0.2, 0.25) is 0 Å². The van der Waals surface area contributed by atoms with Gasteiger partial charge in [-0.15, -0.1) is 0 Å². The second kappa shape index (κ2) is 7.63. The van der Waals surface area contributed by atoms with Crippen LogP contribution in [0.5, 0.6) is 0 Å². The van der Waals surface area contributed by atoms with Gasteiger partial charge in [0, 0.05) is 18.8 Å². The largest absolute Gasteiger partial charge is 0.490 e. The molecule has 0 aromatic heterocycles. The van der Waals surface area contributed by atoms with E-state index < -0.39 is 7.82 Å². The van der Waals surface area contributed by atoms with Crippen molar-refractivity contribution in [2.24, 2.45) is 0 Å². The number of phosphoric acid groups is 1. The molecule has 0 saturated heterocycles. The van der Waals surface area contributed by atoms with Crippen LogP contribution in [0.3, 0.4) is 0 Å². The monoisotopic (exact) mass is 245 g/mol. The summed E-state index contributed by atoms with van der Waals surface area (Å²) in [6, 6.07) is 0. The molecule has 0 aliphatic carbocycles. The Morgan fingerprint density at radius 3 is 2.57 bits per heavy atom. The molecule has 1 N–H and O–H groups in total. The predicted octanol–water partition coefficient (Wildman–Crippen LogP) is 2.70. The summed E-state index contributed by atoms with van der Waals surface area (Å²) in [5.74, 6) is 0. The number of halogens is 1. The summed E-state index contributed by atoms with van der Waals surface area (Å²) in [4.78, 5) is 9.03. The Labute approximate surface area is 89.6 Å². The Kier molecular flexibility index (Phi) is 7.82. The molecule has 0 saturated carbocycles. The lowest BCUT2D eigenvalue weighted by molar-refractivity contribution is 0.0129. The summed E-state index contributed by atoms with van der Waals surface area (Å²) in [6.07, 6.45) is 3.92. The zero-order valence-electron chi connectivity index (χ0n) is 8.48. The van der Waals surface area contributed by atoms with Crippen molar-refractivity contribution >= 4 is 19.6 Å². The Hall–Kier alpha value is 0.360. The SMILES string of the molecule is CCCCCCOP(=O)(O)ON(C)Cl. The van der Waals surface area contributed by atoms with Crippen molar-refractivity contribution in [1.82, 2.24) is 4.58 Å². The standard InChI is InChI=1S/C7H17ClNO4P/c1-3-4-5-6-7-12-14(10,11)13-9(2)8/h3-7H2,1-2H3,(H,10,11). The highest BCUT2D eigenvalue weighted by molar-refractivity contribution is 7.47. The first-order valence-corrected chi connectivity index (χ1v) is 6.38. The van der Waals surface area contributed by atoms with Crippen molar-refractivity contribution in [3.8, 4) is 0 Å². The number of phosphoric ester groups is 1.